The van der Waals surface area contributed by atoms with Gasteiger partial charge in [0.05, 0.1) is 12.1 Å². The number of halogens is 3. The Morgan fingerprint density at radius 1 is 1.23 bits per heavy atom. The number of nitrogens with one attached hydrogen (secondary N) is 3. The van der Waals surface area contributed by atoms with Crippen molar-refractivity contribution in [3.8, 4) is 11.8 Å². The van der Waals surface area contributed by atoms with Gasteiger partial charge in [0.15, 0.2) is 11.5 Å². The molecular weight excluding hydrogens is 397 g/mol. The topological polar surface area (TPSA) is 74.2 Å². The summed E-state index contributed by atoms with van der Waals surface area (Å²) in [5.41, 5.74) is -0.0789. The van der Waals surface area contributed by atoms with Crippen LogP contribution in [0, 0.1) is 11.8 Å². The van der Waals surface area contributed by atoms with Crippen molar-refractivity contribution >= 4 is 23.4 Å². The number of aromatic nitrogens is 2. The molecule has 1 aromatic carbocycles. The Labute approximate surface area is 172 Å². The van der Waals surface area contributed by atoms with Crippen LogP contribution in [0.25, 0.3) is 0 Å². The third kappa shape index (κ3) is 4.68. The first-order valence-corrected chi connectivity index (χ1v) is 9.47. The number of piperazine rings is 1. The highest BCUT2D eigenvalue weighted by Crippen LogP contribution is 2.31. The van der Waals surface area contributed by atoms with Gasteiger partial charge in [-0.25, -0.2) is 0 Å². The molecule has 0 bridgehead atoms. The standard InChI is InChI=1S/C20H23F3N6O/c1-3-4-11-29-16(18(30)24-2)17(27-19(29)28-12-9-25-10-13-28)26-15-7-5-14(6-8-15)20(21,22)23/h5-8,25-26H,9-13H2,1-2H3,(H,24,30). The molecule has 0 unspecified atom stereocenters. The minimum Gasteiger partial charge on any atom is -0.354 e. The molecule has 1 aliphatic rings. The van der Waals surface area contributed by atoms with Gasteiger partial charge in [0.2, 0.25) is 5.95 Å². The minimum atomic E-state index is -4.42. The van der Waals surface area contributed by atoms with E-state index in [1.165, 1.54) is 19.2 Å². The molecule has 7 nitrogen and oxygen atoms in total. The first-order valence-electron chi connectivity index (χ1n) is 9.47. The molecule has 0 spiro atoms. The number of hydrogen-bond donors (Lipinski definition) is 3. The summed E-state index contributed by atoms with van der Waals surface area (Å²) >= 11 is 0. The number of amides is 1. The van der Waals surface area contributed by atoms with Crippen molar-refractivity contribution in [1.82, 2.24) is 20.2 Å². The maximum absolute atomic E-state index is 12.8. The summed E-state index contributed by atoms with van der Waals surface area (Å²) in [6.07, 6.45) is -4.42. The van der Waals surface area contributed by atoms with E-state index in [4.69, 9.17) is 0 Å². The number of anilines is 3. The number of carbonyl (C=O) groups excluding carboxylic acids is 1. The summed E-state index contributed by atoms with van der Waals surface area (Å²) in [4.78, 5) is 19.3. The van der Waals surface area contributed by atoms with Gasteiger partial charge in [-0.05, 0) is 31.2 Å². The highest BCUT2D eigenvalue weighted by atomic mass is 19.4. The second kappa shape index (κ2) is 9.09. The SMILES string of the molecule is CC#CCn1c(N2CCNCC2)nc(Nc2ccc(C(F)(F)F)cc2)c1C(=O)NC. The molecule has 3 N–H and O–H groups in total. The lowest BCUT2D eigenvalue weighted by molar-refractivity contribution is -0.137. The predicted octanol–water partition coefficient (Wildman–Crippen LogP) is 2.44. The van der Waals surface area contributed by atoms with Crippen molar-refractivity contribution in [2.75, 3.05) is 43.4 Å². The van der Waals surface area contributed by atoms with Gasteiger partial charge >= 0.3 is 6.18 Å². The molecule has 2 aromatic rings. The quantitative estimate of drug-likeness (QED) is 0.648. The number of rotatable bonds is 5. The third-order valence-electron chi connectivity index (χ3n) is 4.68. The van der Waals surface area contributed by atoms with E-state index < -0.39 is 11.7 Å². The molecule has 2 heterocycles. The Balaban J connectivity index is 2.02. The number of nitrogens with zero attached hydrogens (tertiary/aromatic N) is 3. The molecule has 3 rings (SSSR count). The van der Waals surface area contributed by atoms with Gasteiger partial charge in [-0.15, -0.1) is 5.92 Å². The van der Waals surface area contributed by atoms with Crippen LogP contribution in [0.3, 0.4) is 0 Å². The van der Waals surface area contributed by atoms with Crippen LogP contribution in [0.5, 0.6) is 0 Å². The Kier molecular flexibility index (Phi) is 6.52. The Morgan fingerprint density at radius 2 is 1.90 bits per heavy atom. The van der Waals surface area contributed by atoms with E-state index in [-0.39, 0.29) is 24.0 Å². The molecule has 30 heavy (non-hydrogen) atoms. The summed E-state index contributed by atoms with van der Waals surface area (Å²) in [6, 6.07) is 4.59. The number of benzene rings is 1. The number of alkyl halides is 3. The highest BCUT2D eigenvalue weighted by molar-refractivity contribution is 5.98. The van der Waals surface area contributed by atoms with Gasteiger partial charge in [0.1, 0.15) is 0 Å². The summed E-state index contributed by atoms with van der Waals surface area (Å²) in [5, 5.41) is 8.86. The number of carbonyl (C=O) groups is 1. The van der Waals surface area contributed by atoms with Crippen molar-refractivity contribution < 1.29 is 18.0 Å². The first kappa shape index (κ1) is 21.5. The van der Waals surface area contributed by atoms with Crippen molar-refractivity contribution in [2.45, 2.75) is 19.6 Å². The molecule has 0 saturated carbocycles. The summed E-state index contributed by atoms with van der Waals surface area (Å²) < 4.78 is 40.2. The average Bonchev–Trinajstić information content (AvgIpc) is 3.10. The van der Waals surface area contributed by atoms with Crippen LogP contribution in [-0.4, -0.2) is 48.7 Å². The molecule has 1 aromatic heterocycles. The largest absolute Gasteiger partial charge is 0.416 e. The lowest BCUT2D eigenvalue weighted by Gasteiger charge is -2.28. The van der Waals surface area contributed by atoms with Crippen LogP contribution < -0.4 is 20.9 Å². The van der Waals surface area contributed by atoms with Gasteiger partial charge in [-0.3, -0.25) is 9.36 Å². The molecule has 0 aliphatic carbocycles. The smallest absolute Gasteiger partial charge is 0.354 e. The zero-order valence-corrected chi connectivity index (χ0v) is 16.7. The minimum absolute atomic E-state index is 0.264. The van der Waals surface area contributed by atoms with E-state index in [9.17, 15) is 18.0 Å². The van der Waals surface area contributed by atoms with Crippen molar-refractivity contribution in [2.24, 2.45) is 0 Å². The van der Waals surface area contributed by atoms with Crippen molar-refractivity contribution in [3.63, 3.8) is 0 Å². The van der Waals surface area contributed by atoms with Gasteiger partial charge < -0.3 is 20.9 Å². The monoisotopic (exact) mass is 420 g/mol. The average molecular weight is 420 g/mol. The molecule has 10 heteroatoms. The van der Waals surface area contributed by atoms with Crippen LogP contribution in [0.4, 0.5) is 30.6 Å². The molecule has 160 valence electrons. The van der Waals surface area contributed by atoms with E-state index in [2.05, 4.69) is 37.7 Å². The van der Waals surface area contributed by atoms with Crippen molar-refractivity contribution in [3.05, 3.63) is 35.5 Å². The second-order valence-corrected chi connectivity index (χ2v) is 6.64. The molecule has 1 amide bonds. The fourth-order valence-corrected chi connectivity index (χ4v) is 3.17. The Bertz CT molecular complexity index is 950. The Morgan fingerprint density at radius 3 is 2.47 bits per heavy atom. The lowest BCUT2D eigenvalue weighted by Crippen LogP contribution is -2.44. The summed E-state index contributed by atoms with van der Waals surface area (Å²) in [7, 11) is 1.51. The second-order valence-electron chi connectivity index (χ2n) is 6.64. The fourth-order valence-electron chi connectivity index (χ4n) is 3.17. The van der Waals surface area contributed by atoms with E-state index in [1.807, 2.05) is 0 Å². The van der Waals surface area contributed by atoms with E-state index in [0.717, 1.165) is 25.2 Å². The van der Waals surface area contributed by atoms with Crippen LogP contribution in [0.15, 0.2) is 24.3 Å². The van der Waals surface area contributed by atoms with E-state index >= 15 is 0 Å². The van der Waals surface area contributed by atoms with Crippen LogP contribution in [0.2, 0.25) is 0 Å². The molecule has 0 atom stereocenters. The first-order chi connectivity index (χ1) is 14.3. The van der Waals surface area contributed by atoms with Crippen LogP contribution in [-0.2, 0) is 12.7 Å². The molecular formula is C20H23F3N6O. The van der Waals surface area contributed by atoms with Crippen LogP contribution in [0.1, 0.15) is 23.0 Å². The van der Waals surface area contributed by atoms with Gasteiger partial charge in [0, 0.05) is 38.9 Å². The van der Waals surface area contributed by atoms with Crippen molar-refractivity contribution in [1.29, 1.82) is 0 Å². The lowest BCUT2D eigenvalue weighted by atomic mass is 10.2. The van der Waals surface area contributed by atoms with Gasteiger partial charge in [-0.1, -0.05) is 5.92 Å². The normalized spacial score (nSPS) is 14.1. The molecule has 1 saturated heterocycles. The maximum atomic E-state index is 12.8. The predicted molar refractivity (Wildman–Crippen MR) is 109 cm³/mol. The summed E-state index contributed by atoms with van der Waals surface area (Å²) in [5.74, 6) is 6.27. The molecule has 1 aliphatic heterocycles. The molecule has 0 radical (unpaired) electrons. The van der Waals surface area contributed by atoms with E-state index in [0.29, 0.717) is 24.7 Å². The number of hydrogen-bond acceptors (Lipinski definition) is 5. The third-order valence-corrected chi connectivity index (χ3v) is 4.68. The maximum Gasteiger partial charge on any atom is 0.416 e. The number of imidazole rings is 1. The zero-order valence-electron chi connectivity index (χ0n) is 16.7. The fraction of sp³-hybridized carbons (Fsp3) is 0.400. The Hall–Kier alpha value is -3.19. The van der Waals surface area contributed by atoms with Gasteiger partial charge in [-0.2, -0.15) is 18.2 Å². The summed E-state index contributed by atoms with van der Waals surface area (Å²) in [6.45, 7) is 4.96. The highest BCUT2D eigenvalue weighted by Gasteiger charge is 2.30. The zero-order chi connectivity index (χ0) is 21.7. The van der Waals surface area contributed by atoms with E-state index in [1.54, 1.807) is 11.5 Å². The van der Waals surface area contributed by atoms with Crippen LogP contribution >= 0.6 is 0 Å². The molecule has 1 fully saturated rings. The van der Waals surface area contributed by atoms with Gasteiger partial charge in [0.25, 0.3) is 5.91 Å².